The minimum Gasteiger partial charge on any atom is -0.311 e. The first-order valence-electron chi connectivity index (χ1n) is 6.57. The number of aromatic nitrogens is 1. The van der Waals surface area contributed by atoms with E-state index in [2.05, 4.69) is 15.7 Å². The van der Waals surface area contributed by atoms with Gasteiger partial charge in [-0.05, 0) is 31.7 Å². The van der Waals surface area contributed by atoms with Crippen LogP contribution >= 0.6 is 11.3 Å². The number of nitrogens with one attached hydrogen (secondary N) is 1. The largest absolute Gasteiger partial charge is 0.311 e. The highest BCUT2D eigenvalue weighted by Crippen LogP contribution is 2.41. The van der Waals surface area contributed by atoms with Gasteiger partial charge >= 0.3 is 0 Å². The van der Waals surface area contributed by atoms with Crippen LogP contribution in [0, 0.1) is 5.92 Å². The predicted octanol–water partition coefficient (Wildman–Crippen LogP) is 3.30. The van der Waals surface area contributed by atoms with Crippen LogP contribution in [0.3, 0.4) is 0 Å². The van der Waals surface area contributed by atoms with Gasteiger partial charge in [0.2, 0.25) is 0 Å². The number of thiazole rings is 1. The molecule has 0 bridgehead atoms. The van der Waals surface area contributed by atoms with Crippen LogP contribution in [0.2, 0.25) is 0 Å². The first kappa shape index (κ1) is 10.7. The third-order valence-electron chi connectivity index (χ3n) is 3.76. The Balaban J connectivity index is 1.36. The van der Waals surface area contributed by atoms with Crippen molar-refractivity contribution in [2.75, 3.05) is 6.54 Å². The normalized spacial score (nSPS) is 21.0. The van der Waals surface area contributed by atoms with Crippen LogP contribution in [0.25, 0.3) is 0 Å². The molecule has 1 N–H and O–H groups in total. The fourth-order valence-corrected chi connectivity index (χ4v) is 3.22. The van der Waals surface area contributed by atoms with Crippen molar-refractivity contribution in [2.45, 2.75) is 51.0 Å². The lowest BCUT2D eigenvalue weighted by atomic mass is 9.83. The molecule has 0 unspecified atom stereocenters. The van der Waals surface area contributed by atoms with E-state index in [9.17, 15) is 0 Å². The summed E-state index contributed by atoms with van der Waals surface area (Å²) >= 11 is 1.85. The molecular weight excluding hydrogens is 216 g/mol. The zero-order valence-electron chi connectivity index (χ0n) is 9.74. The summed E-state index contributed by atoms with van der Waals surface area (Å²) in [5.74, 6) is 1.83. The predicted molar refractivity (Wildman–Crippen MR) is 67.8 cm³/mol. The van der Waals surface area contributed by atoms with Crippen molar-refractivity contribution in [3.8, 4) is 0 Å². The molecular formula is C13H20N2S. The third kappa shape index (κ3) is 2.64. The summed E-state index contributed by atoms with van der Waals surface area (Å²) in [6.07, 6.45) is 8.47. The van der Waals surface area contributed by atoms with Crippen LogP contribution in [0.4, 0.5) is 0 Å². The number of hydrogen-bond donors (Lipinski definition) is 1. The average molecular weight is 236 g/mol. The van der Waals surface area contributed by atoms with Gasteiger partial charge in [-0.3, -0.25) is 0 Å². The van der Waals surface area contributed by atoms with E-state index in [1.54, 1.807) is 0 Å². The van der Waals surface area contributed by atoms with Gasteiger partial charge in [0.05, 0.1) is 10.7 Å². The quantitative estimate of drug-likeness (QED) is 0.767. The van der Waals surface area contributed by atoms with E-state index in [1.165, 1.54) is 55.8 Å². The van der Waals surface area contributed by atoms with Crippen LogP contribution in [0.5, 0.6) is 0 Å². The van der Waals surface area contributed by atoms with Gasteiger partial charge in [-0.25, -0.2) is 4.98 Å². The van der Waals surface area contributed by atoms with E-state index >= 15 is 0 Å². The first-order valence-corrected chi connectivity index (χ1v) is 7.45. The standard InChI is InChI=1S/C13H20N2S/c1-2-10(3-1)6-7-14-8-12-9-16-13(15-12)11-4-5-11/h9-11,14H,1-8H2. The van der Waals surface area contributed by atoms with Gasteiger partial charge in [0.1, 0.15) is 0 Å². The molecule has 2 nitrogen and oxygen atoms in total. The Morgan fingerprint density at radius 2 is 2.19 bits per heavy atom. The van der Waals surface area contributed by atoms with E-state index in [-0.39, 0.29) is 0 Å². The van der Waals surface area contributed by atoms with Gasteiger partial charge in [-0.15, -0.1) is 11.3 Å². The van der Waals surface area contributed by atoms with E-state index in [0.717, 1.165) is 18.4 Å². The van der Waals surface area contributed by atoms with Crippen molar-refractivity contribution in [1.29, 1.82) is 0 Å². The molecule has 2 saturated carbocycles. The summed E-state index contributed by atoms with van der Waals surface area (Å²) in [7, 11) is 0. The van der Waals surface area contributed by atoms with Crippen LogP contribution in [0.1, 0.15) is 55.1 Å². The topological polar surface area (TPSA) is 24.9 Å². The van der Waals surface area contributed by atoms with Crippen LogP contribution < -0.4 is 5.32 Å². The second-order valence-electron chi connectivity index (χ2n) is 5.21. The highest BCUT2D eigenvalue weighted by Gasteiger charge is 2.26. The fourth-order valence-electron chi connectivity index (χ4n) is 2.23. The second kappa shape index (κ2) is 4.84. The molecule has 0 aliphatic heterocycles. The van der Waals surface area contributed by atoms with Crippen LogP contribution in [-0.2, 0) is 6.54 Å². The molecule has 88 valence electrons. The zero-order chi connectivity index (χ0) is 10.8. The molecule has 0 saturated heterocycles. The monoisotopic (exact) mass is 236 g/mol. The molecule has 2 aliphatic carbocycles. The summed E-state index contributed by atoms with van der Waals surface area (Å²) in [6, 6.07) is 0. The molecule has 0 spiro atoms. The number of hydrogen-bond acceptors (Lipinski definition) is 3. The molecule has 0 amide bonds. The first-order chi connectivity index (χ1) is 7.92. The van der Waals surface area contributed by atoms with Crippen LogP contribution in [-0.4, -0.2) is 11.5 Å². The zero-order valence-corrected chi connectivity index (χ0v) is 10.6. The SMILES string of the molecule is c1sc(C2CC2)nc1CNCCC1CCC1. The lowest BCUT2D eigenvalue weighted by Gasteiger charge is -2.25. The molecule has 3 rings (SSSR count). The van der Waals surface area contributed by atoms with Gasteiger partial charge < -0.3 is 5.32 Å². The third-order valence-corrected chi connectivity index (χ3v) is 4.81. The van der Waals surface area contributed by atoms with Crippen molar-refractivity contribution in [2.24, 2.45) is 5.92 Å². The Kier molecular flexibility index (Phi) is 3.25. The molecule has 1 heterocycles. The van der Waals surface area contributed by atoms with Crippen LogP contribution in [0.15, 0.2) is 5.38 Å². The van der Waals surface area contributed by atoms with Gasteiger partial charge in [0.25, 0.3) is 0 Å². The lowest BCUT2D eigenvalue weighted by molar-refractivity contribution is 0.292. The Morgan fingerprint density at radius 1 is 1.31 bits per heavy atom. The summed E-state index contributed by atoms with van der Waals surface area (Å²) in [5, 5.41) is 7.11. The van der Waals surface area contributed by atoms with Gasteiger partial charge in [-0.1, -0.05) is 19.3 Å². The van der Waals surface area contributed by atoms with Crippen molar-refractivity contribution in [1.82, 2.24) is 10.3 Å². The maximum absolute atomic E-state index is 4.68. The van der Waals surface area contributed by atoms with Crippen molar-refractivity contribution >= 4 is 11.3 Å². The van der Waals surface area contributed by atoms with Gasteiger partial charge in [0, 0.05) is 17.8 Å². The summed E-state index contributed by atoms with van der Waals surface area (Å²) in [5.41, 5.74) is 1.25. The summed E-state index contributed by atoms with van der Waals surface area (Å²) < 4.78 is 0. The summed E-state index contributed by atoms with van der Waals surface area (Å²) in [6.45, 7) is 2.14. The molecule has 1 aromatic heterocycles. The molecule has 16 heavy (non-hydrogen) atoms. The highest BCUT2D eigenvalue weighted by molar-refractivity contribution is 7.09. The van der Waals surface area contributed by atoms with Crippen molar-refractivity contribution in [3.05, 3.63) is 16.1 Å². The Hall–Kier alpha value is -0.410. The maximum atomic E-state index is 4.68. The molecule has 0 radical (unpaired) electrons. The van der Waals surface area contributed by atoms with E-state index in [1.807, 2.05) is 11.3 Å². The highest BCUT2D eigenvalue weighted by atomic mass is 32.1. The molecule has 0 aromatic carbocycles. The van der Waals surface area contributed by atoms with E-state index in [0.29, 0.717) is 0 Å². The Labute approximate surface area is 101 Å². The molecule has 2 fully saturated rings. The lowest BCUT2D eigenvalue weighted by Crippen LogP contribution is -2.21. The number of rotatable bonds is 6. The second-order valence-corrected chi connectivity index (χ2v) is 6.10. The van der Waals surface area contributed by atoms with Gasteiger partial charge in [-0.2, -0.15) is 0 Å². The fraction of sp³-hybridized carbons (Fsp3) is 0.769. The van der Waals surface area contributed by atoms with Crippen molar-refractivity contribution < 1.29 is 0 Å². The molecule has 0 atom stereocenters. The summed E-state index contributed by atoms with van der Waals surface area (Å²) in [4.78, 5) is 4.68. The molecule has 2 aliphatic rings. The number of nitrogens with zero attached hydrogens (tertiary/aromatic N) is 1. The van der Waals surface area contributed by atoms with E-state index in [4.69, 9.17) is 0 Å². The smallest absolute Gasteiger partial charge is 0.0959 e. The molecule has 1 aromatic rings. The Bertz CT molecular complexity index is 339. The maximum Gasteiger partial charge on any atom is 0.0959 e. The average Bonchev–Trinajstić information content (AvgIpc) is 2.97. The van der Waals surface area contributed by atoms with Gasteiger partial charge in [0.15, 0.2) is 0 Å². The minimum absolute atomic E-state index is 0.814. The van der Waals surface area contributed by atoms with Crippen molar-refractivity contribution in [3.63, 3.8) is 0 Å². The Morgan fingerprint density at radius 3 is 2.88 bits per heavy atom. The minimum atomic E-state index is 0.814. The molecule has 3 heteroatoms. The van der Waals surface area contributed by atoms with E-state index < -0.39 is 0 Å².